The number of aromatic nitrogens is 2. The molecular weight excluding hydrogens is 392 g/mol. The van der Waals surface area contributed by atoms with Crippen LogP contribution in [0.3, 0.4) is 0 Å². The number of methoxy groups -OCH3 is 1. The van der Waals surface area contributed by atoms with Gasteiger partial charge in [-0.15, -0.1) is 0 Å². The van der Waals surface area contributed by atoms with E-state index in [-0.39, 0.29) is 11.8 Å². The summed E-state index contributed by atoms with van der Waals surface area (Å²) in [6.07, 6.45) is 1.36. The van der Waals surface area contributed by atoms with Crippen molar-refractivity contribution < 1.29 is 14.3 Å². The van der Waals surface area contributed by atoms with E-state index < -0.39 is 0 Å². The Kier molecular flexibility index (Phi) is 6.02. The number of H-pyrrole nitrogens is 1. The number of hydrogen-bond donors (Lipinski definition) is 2. The topological polar surface area (TPSA) is 87.3 Å². The number of nitrogens with one attached hydrogen (secondary N) is 2. The van der Waals surface area contributed by atoms with Gasteiger partial charge < -0.3 is 15.0 Å². The lowest BCUT2D eigenvalue weighted by Gasteiger charge is -2.27. The normalized spacial score (nSPS) is 12.9. The zero-order valence-corrected chi connectivity index (χ0v) is 17.8. The molecular formula is C24H26N4O3. The fourth-order valence-corrected chi connectivity index (χ4v) is 3.81. The van der Waals surface area contributed by atoms with Gasteiger partial charge in [-0.25, -0.2) is 0 Å². The van der Waals surface area contributed by atoms with Gasteiger partial charge in [-0.2, -0.15) is 5.10 Å². The zero-order chi connectivity index (χ0) is 21.8. The molecule has 0 saturated heterocycles. The van der Waals surface area contributed by atoms with Crippen LogP contribution in [-0.2, 0) is 19.4 Å². The molecule has 1 aromatic heterocycles. The first kappa shape index (κ1) is 20.7. The molecule has 1 aliphatic heterocycles. The predicted molar refractivity (Wildman–Crippen MR) is 117 cm³/mol. The van der Waals surface area contributed by atoms with Gasteiger partial charge in [-0.3, -0.25) is 14.7 Å². The fraction of sp³-hybridized carbons (Fsp3) is 0.292. The maximum atomic E-state index is 12.9. The number of aryl methyl sites for hydroxylation is 1. The minimum atomic E-state index is -0.226. The van der Waals surface area contributed by atoms with Crippen LogP contribution in [0.15, 0.2) is 48.5 Å². The molecule has 2 heterocycles. The molecule has 7 nitrogen and oxygen atoms in total. The Labute approximate surface area is 181 Å². The average molecular weight is 418 g/mol. The van der Waals surface area contributed by atoms with Gasteiger partial charge in [0.2, 0.25) is 0 Å². The van der Waals surface area contributed by atoms with Crippen LogP contribution in [-0.4, -0.2) is 47.1 Å². The van der Waals surface area contributed by atoms with E-state index in [0.29, 0.717) is 43.7 Å². The molecule has 0 atom stereocenters. The molecule has 0 bridgehead atoms. The first-order valence-corrected chi connectivity index (χ1v) is 10.4. The van der Waals surface area contributed by atoms with Crippen molar-refractivity contribution in [2.45, 2.75) is 26.3 Å². The lowest BCUT2D eigenvalue weighted by Crippen LogP contribution is -2.37. The molecule has 2 N–H and O–H groups in total. The monoisotopic (exact) mass is 418 g/mol. The van der Waals surface area contributed by atoms with Crippen LogP contribution in [0.4, 0.5) is 0 Å². The van der Waals surface area contributed by atoms with Gasteiger partial charge >= 0.3 is 0 Å². The molecule has 0 aliphatic carbocycles. The molecule has 2 amide bonds. The Morgan fingerprint density at radius 2 is 2.00 bits per heavy atom. The number of amides is 2. The van der Waals surface area contributed by atoms with E-state index in [4.69, 9.17) is 4.74 Å². The number of aromatic amines is 1. The molecule has 0 fully saturated rings. The maximum absolute atomic E-state index is 12.9. The van der Waals surface area contributed by atoms with Crippen molar-refractivity contribution in [3.8, 4) is 5.75 Å². The van der Waals surface area contributed by atoms with Gasteiger partial charge in [0.05, 0.1) is 13.7 Å². The standard InChI is InChI=1S/C24H26N4O3/c1-16-4-3-5-18(14-16)24(30)28-13-11-21-20(15-28)22(27-26-21)23(29)25-12-10-17-6-8-19(31-2)9-7-17/h3-9,14H,10-13,15H2,1-2H3,(H,25,29)(H,26,27). The van der Waals surface area contributed by atoms with E-state index >= 15 is 0 Å². The molecule has 0 saturated carbocycles. The molecule has 2 aromatic carbocycles. The summed E-state index contributed by atoms with van der Waals surface area (Å²) in [7, 11) is 1.63. The number of nitrogens with zero attached hydrogens (tertiary/aromatic N) is 2. The smallest absolute Gasteiger partial charge is 0.272 e. The van der Waals surface area contributed by atoms with Gasteiger partial charge in [0.1, 0.15) is 5.75 Å². The number of ether oxygens (including phenoxy) is 1. The molecule has 0 radical (unpaired) electrons. The lowest BCUT2D eigenvalue weighted by atomic mass is 10.0. The highest BCUT2D eigenvalue weighted by molar-refractivity contribution is 5.96. The Morgan fingerprint density at radius 1 is 1.19 bits per heavy atom. The summed E-state index contributed by atoms with van der Waals surface area (Å²) in [6.45, 7) is 3.44. The van der Waals surface area contributed by atoms with Crippen LogP contribution < -0.4 is 10.1 Å². The second kappa shape index (κ2) is 9.04. The van der Waals surface area contributed by atoms with E-state index in [0.717, 1.165) is 28.1 Å². The summed E-state index contributed by atoms with van der Waals surface area (Å²) >= 11 is 0. The van der Waals surface area contributed by atoms with Crippen molar-refractivity contribution >= 4 is 11.8 Å². The number of fused-ring (bicyclic) bond motifs is 1. The summed E-state index contributed by atoms with van der Waals surface area (Å²) < 4.78 is 5.16. The molecule has 0 unspecified atom stereocenters. The van der Waals surface area contributed by atoms with Crippen LogP contribution in [0.1, 0.15) is 43.2 Å². The highest BCUT2D eigenvalue weighted by atomic mass is 16.5. The summed E-state index contributed by atoms with van der Waals surface area (Å²) in [5.41, 5.74) is 4.91. The van der Waals surface area contributed by atoms with Crippen molar-refractivity contribution in [2.75, 3.05) is 20.2 Å². The molecule has 4 rings (SSSR count). The van der Waals surface area contributed by atoms with E-state index in [1.54, 1.807) is 12.0 Å². The molecule has 3 aromatic rings. The van der Waals surface area contributed by atoms with Gasteiger partial charge in [-0.1, -0.05) is 29.8 Å². The van der Waals surface area contributed by atoms with E-state index in [9.17, 15) is 9.59 Å². The largest absolute Gasteiger partial charge is 0.497 e. The Morgan fingerprint density at radius 3 is 2.74 bits per heavy atom. The number of hydrogen-bond acceptors (Lipinski definition) is 4. The highest BCUT2D eigenvalue weighted by Gasteiger charge is 2.28. The van der Waals surface area contributed by atoms with Crippen LogP contribution in [0.25, 0.3) is 0 Å². The summed E-state index contributed by atoms with van der Waals surface area (Å²) in [5, 5.41) is 10.1. The maximum Gasteiger partial charge on any atom is 0.272 e. The third-order valence-corrected chi connectivity index (χ3v) is 5.56. The zero-order valence-electron chi connectivity index (χ0n) is 17.8. The molecule has 31 heavy (non-hydrogen) atoms. The van der Waals surface area contributed by atoms with Crippen LogP contribution in [0.5, 0.6) is 5.75 Å². The van der Waals surface area contributed by atoms with Crippen molar-refractivity contribution in [3.63, 3.8) is 0 Å². The summed E-state index contributed by atoms with van der Waals surface area (Å²) in [5.74, 6) is 0.554. The lowest BCUT2D eigenvalue weighted by molar-refractivity contribution is 0.0731. The minimum Gasteiger partial charge on any atom is -0.497 e. The second-order valence-electron chi connectivity index (χ2n) is 7.73. The van der Waals surface area contributed by atoms with E-state index in [2.05, 4.69) is 15.5 Å². The summed E-state index contributed by atoms with van der Waals surface area (Å²) in [6, 6.07) is 15.3. The fourth-order valence-electron chi connectivity index (χ4n) is 3.81. The third kappa shape index (κ3) is 4.60. The number of carbonyl (C=O) groups is 2. The summed E-state index contributed by atoms with van der Waals surface area (Å²) in [4.78, 5) is 27.4. The number of rotatable bonds is 6. The molecule has 160 valence electrons. The molecule has 7 heteroatoms. The number of carbonyl (C=O) groups excluding carboxylic acids is 2. The van der Waals surface area contributed by atoms with E-state index in [1.165, 1.54) is 0 Å². The van der Waals surface area contributed by atoms with E-state index in [1.807, 2.05) is 55.5 Å². The molecule has 1 aliphatic rings. The molecule has 0 spiro atoms. The van der Waals surface area contributed by atoms with Crippen molar-refractivity contribution in [1.82, 2.24) is 20.4 Å². The van der Waals surface area contributed by atoms with Gasteiger partial charge in [0.15, 0.2) is 5.69 Å². The quantitative estimate of drug-likeness (QED) is 0.644. The first-order valence-electron chi connectivity index (χ1n) is 10.4. The predicted octanol–water partition coefficient (Wildman–Crippen LogP) is 2.90. The highest BCUT2D eigenvalue weighted by Crippen LogP contribution is 2.22. The SMILES string of the molecule is COc1ccc(CCNC(=O)c2n[nH]c3c2CN(C(=O)c2cccc(C)c2)CC3)cc1. The van der Waals surface area contributed by atoms with Crippen LogP contribution >= 0.6 is 0 Å². The van der Waals surface area contributed by atoms with Gasteiger partial charge in [0.25, 0.3) is 11.8 Å². The van der Waals surface area contributed by atoms with Gasteiger partial charge in [-0.05, 0) is 43.2 Å². The van der Waals surface area contributed by atoms with Crippen molar-refractivity contribution in [1.29, 1.82) is 0 Å². The minimum absolute atomic E-state index is 0.0265. The first-order chi connectivity index (χ1) is 15.0. The Balaban J connectivity index is 1.39. The Hall–Kier alpha value is -3.61. The van der Waals surface area contributed by atoms with Crippen molar-refractivity contribution in [2.24, 2.45) is 0 Å². The average Bonchev–Trinajstić information content (AvgIpc) is 3.22. The van der Waals surface area contributed by atoms with Crippen LogP contribution in [0, 0.1) is 6.92 Å². The van der Waals surface area contributed by atoms with Crippen LogP contribution in [0.2, 0.25) is 0 Å². The number of benzene rings is 2. The Bertz CT molecular complexity index is 1090. The van der Waals surface area contributed by atoms with Gasteiger partial charge in [0, 0.05) is 36.3 Å². The van der Waals surface area contributed by atoms with Crippen molar-refractivity contribution in [3.05, 3.63) is 82.2 Å². The third-order valence-electron chi connectivity index (χ3n) is 5.56. The second-order valence-corrected chi connectivity index (χ2v) is 7.73.